The fourth-order valence-electron chi connectivity index (χ4n) is 5.29. The summed E-state index contributed by atoms with van der Waals surface area (Å²) in [5, 5.41) is 7.75. The lowest BCUT2D eigenvalue weighted by Gasteiger charge is -2.34. The zero-order valence-electron chi connectivity index (χ0n) is 19.5. The number of nitrogens with one attached hydrogen (secondary N) is 2. The van der Waals surface area contributed by atoms with Crippen LogP contribution in [0.15, 0.2) is 36.4 Å². The molecule has 0 saturated heterocycles. The van der Waals surface area contributed by atoms with E-state index >= 15 is 0 Å². The van der Waals surface area contributed by atoms with Gasteiger partial charge in [-0.15, -0.1) is 0 Å². The SMILES string of the molecule is Cc1cc(N(C)C)cc(N[C@H]2CC[C@@H](NC(=O)C3(c4ccc(Cl)cc4)CCCC3)CC2)n1. The first-order chi connectivity index (χ1) is 15.4. The van der Waals surface area contributed by atoms with Crippen LogP contribution in [0.4, 0.5) is 11.5 Å². The van der Waals surface area contributed by atoms with E-state index in [0.717, 1.165) is 74.1 Å². The van der Waals surface area contributed by atoms with Crippen LogP contribution in [-0.2, 0) is 10.2 Å². The predicted octanol–water partition coefficient (Wildman–Crippen LogP) is 5.46. The zero-order valence-corrected chi connectivity index (χ0v) is 20.2. The second kappa shape index (κ2) is 9.70. The maximum absolute atomic E-state index is 13.5. The lowest BCUT2D eigenvalue weighted by atomic mass is 9.77. The number of rotatable bonds is 6. The van der Waals surface area contributed by atoms with Crippen LogP contribution in [0.1, 0.15) is 62.6 Å². The van der Waals surface area contributed by atoms with Gasteiger partial charge in [0.1, 0.15) is 5.82 Å². The molecule has 2 saturated carbocycles. The third-order valence-corrected chi connectivity index (χ3v) is 7.41. The molecule has 172 valence electrons. The van der Waals surface area contributed by atoms with E-state index in [0.29, 0.717) is 11.1 Å². The Balaban J connectivity index is 1.35. The molecule has 6 heteroatoms. The van der Waals surface area contributed by atoms with Crippen LogP contribution in [0.3, 0.4) is 0 Å². The van der Waals surface area contributed by atoms with Crippen molar-refractivity contribution in [2.75, 3.05) is 24.3 Å². The van der Waals surface area contributed by atoms with E-state index in [2.05, 4.69) is 32.7 Å². The fraction of sp³-hybridized carbons (Fsp3) is 0.538. The Kier molecular flexibility index (Phi) is 6.94. The normalized spacial score (nSPS) is 22.4. The van der Waals surface area contributed by atoms with Gasteiger partial charge >= 0.3 is 0 Å². The van der Waals surface area contributed by atoms with Crippen molar-refractivity contribution in [1.82, 2.24) is 10.3 Å². The molecule has 0 unspecified atom stereocenters. The maximum atomic E-state index is 13.5. The number of aromatic nitrogens is 1. The second-order valence-corrected chi connectivity index (χ2v) is 10.1. The lowest BCUT2D eigenvalue weighted by Crippen LogP contribution is -2.48. The van der Waals surface area contributed by atoms with Crippen molar-refractivity contribution < 1.29 is 4.79 Å². The van der Waals surface area contributed by atoms with Gasteiger partial charge in [0.2, 0.25) is 5.91 Å². The van der Waals surface area contributed by atoms with Crippen molar-refractivity contribution in [1.29, 1.82) is 0 Å². The minimum atomic E-state index is -0.395. The number of hydrogen-bond acceptors (Lipinski definition) is 4. The van der Waals surface area contributed by atoms with Gasteiger partial charge in [-0.25, -0.2) is 4.98 Å². The average molecular weight is 455 g/mol. The molecule has 1 aromatic carbocycles. The molecule has 32 heavy (non-hydrogen) atoms. The van der Waals surface area contributed by atoms with Crippen LogP contribution in [0.25, 0.3) is 0 Å². The van der Waals surface area contributed by atoms with Crippen molar-refractivity contribution in [2.45, 2.75) is 75.8 Å². The molecule has 2 aliphatic carbocycles. The number of aryl methyl sites for hydroxylation is 1. The maximum Gasteiger partial charge on any atom is 0.230 e. The Morgan fingerprint density at radius 1 is 1.03 bits per heavy atom. The molecule has 2 aromatic rings. The summed E-state index contributed by atoms with van der Waals surface area (Å²) in [5.41, 5.74) is 2.89. The van der Waals surface area contributed by atoms with E-state index in [1.807, 2.05) is 45.3 Å². The van der Waals surface area contributed by atoms with Crippen LogP contribution in [0.2, 0.25) is 5.02 Å². The number of carbonyl (C=O) groups excluding carboxylic acids is 1. The minimum Gasteiger partial charge on any atom is -0.377 e. The van der Waals surface area contributed by atoms with E-state index < -0.39 is 5.41 Å². The summed E-state index contributed by atoms with van der Waals surface area (Å²) in [5.74, 6) is 1.14. The third-order valence-electron chi connectivity index (χ3n) is 7.16. The molecule has 0 atom stereocenters. The average Bonchev–Trinajstić information content (AvgIpc) is 3.26. The summed E-state index contributed by atoms with van der Waals surface area (Å²) in [6, 6.07) is 12.7. The molecule has 0 bridgehead atoms. The molecule has 2 fully saturated rings. The smallest absolute Gasteiger partial charge is 0.230 e. The molecule has 4 rings (SSSR count). The highest BCUT2D eigenvalue weighted by molar-refractivity contribution is 6.30. The minimum absolute atomic E-state index is 0.199. The summed E-state index contributed by atoms with van der Waals surface area (Å²) < 4.78 is 0. The number of benzene rings is 1. The van der Waals surface area contributed by atoms with E-state index in [1.54, 1.807) is 0 Å². The largest absolute Gasteiger partial charge is 0.377 e. The lowest BCUT2D eigenvalue weighted by molar-refractivity contribution is -0.127. The first-order valence-corrected chi connectivity index (χ1v) is 12.2. The standard InChI is InChI=1S/C26H35ClN4O/c1-18-16-23(31(2)3)17-24(28-18)29-21-10-12-22(13-11-21)30-25(32)26(14-4-5-15-26)19-6-8-20(27)9-7-19/h6-9,16-17,21-22H,4-5,10-15H2,1-3H3,(H,28,29)(H,30,32)/t21-,22+. The van der Waals surface area contributed by atoms with E-state index in [4.69, 9.17) is 11.6 Å². The van der Waals surface area contributed by atoms with Gasteiger partial charge in [0.15, 0.2) is 0 Å². The number of carbonyl (C=O) groups is 1. The van der Waals surface area contributed by atoms with Crippen LogP contribution in [-0.4, -0.2) is 37.1 Å². The molecule has 0 radical (unpaired) electrons. The Bertz CT molecular complexity index is 929. The van der Waals surface area contributed by atoms with Gasteiger partial charge in [-0.2, -0.15) is 0 Å². The van der Waals surface area contributed by atoms with E-state index in [1.165, 1.54) is 0 Å². The highest BCUT2D eigenvalue weighted by Crippen LogP contribution is 2.42. The van der Waals surface area contributed by atoms with Crippen molar-refractivity contribution in [2.24, 2.45) is 0 Å². The number of amides is 1. The Morgan fingerprint density at radius 3 is 2.28 bits per heavy atom. The molecule has 1 amide bonds. The summed E-state index contributed by atoms with van der Waals surface area (Å²) in [4.78, 5) is 20.2. The van der Waals surface area contributed by atoms with Gasteiger partial charge in [-0.1, -0.05) is 36.6 Å². The van der Waals surface area contributed by atoms with Crippen molar-refractivity contribution in [3.8, 4) is 0 Å². The first-order valence-electron chi connectivity index (χ1n) is 11.9. The van der Waals surface area contributed by atoms with Crippen LogP contribution >= 0.6 is 11.6 Å². The molecule has 2 aliphatic rings. The summed E-state index contributed by atoms with van der Waals surface area (Å²) in [6.45, 7) is 2.03. The van der Waals surface area contributed by atoms with Gasteiger partial charge in [-0.05, 0) is 69.2 Å². The van der Waals surface area contributed by atoms with Crippen molar-refractivity contribution >= 4 is 29.0 Å². The zero-order chi connectivity index (χ0) is 22.7. The van der Waals surface area contributed by atoms with Crippen molar-refractivity contribution in [3.05, 3.63) is 52.7 Å². The summed E-state index contributed by atoms with van der Waals surface area (Å²) >= 11 is 6.09. The first kappa shape index (κ1) is 22.9. The quantitative estimate of drug-likeness (QED) is 0.608. The Morgan fingerprint density at radius 2 is 1.66 bits per heavy atom. The van der Waals surface area contributed by atoms with Gasteiger partial charge in [0.05, 0.1) is 5.41 Å². The highest BCUT2D eigenvalue weighted by atomic mass is 35.5. The van der Waals surface area contributed by atoms with Gasteiger partial charge in [-0.3, -0.25) is 4.79 Å². The molecule has 2 N–H and O–H groups in total. The second-order valence-electron chi connectivity index (χ2n) is 9.71. The Hall–Kier alpha value is -2.27. The van der Waals surface area contributed by atoms with Gasteiger partial charge in [0, 0.05) is 48.6 Å². The number of pyridine rings is 1. The summed E-state index contributed by atoms with van der Waals surface area (Å²) in [6.07, 6.45) is 8.10. The third kappa shape index (κ3) is 5.03. The van der Waals surface area contributed by atoms with Gasteiger partial charge in [0.25, 0.3) is 0 Å². The Labute approximate surface area is 196 Å². The monoisotopic (exact) mass is 454 g/mol. The number of anilines is 2. The highest BCUT2D eigenvalue weighted by Gasteiger charge is 2.43. The molecule has 1 aromatic heterocycles. The fourth-order valence-corrected chi connectivity index (χ4v) is 5.42. The van der Waals surface area contributed by atoms with E-state index in [-0.39, 0.29) is 11.9 Å². The molecule has 0 spiro atoms. The molecular formula is C26H35ClN4O. The molecule has 0 aliphatic heterocycles. The summed E-state index contributed by atoms with van der Waals surface area (Å²) in [7, 11) is 4.10. The van der Waals surface area contributed by atoms with Crippen LogP contribution in [0, 0.1) is 6.92 Å². The molecular weight excluding hydrogens is 420 g/mol. The van der Waals surface area contributed by atoms with Crippen LogP contribution in [0.5, 0.6) is 0 Å². The number of nitrogens with zero attached hydrogens (tertiary/aromatic N) is 2. The van der Waals surface area contributed by atoms with Gasteiger partial charge < -0.3 is 15.5 Å². The molecule has 5 nitrogen and oxygen atoms in total. The van der Waals surface area contributed by atoms with E-state index in [9.17, 15) is 4.79 Å². The topological polar surface area (TPSA) is 57.3 Å². The number of halogens is 1. The number of hydrogen-bond donors (Lipinski definition) is 2. The predicted molar refractivity (Wildman–Crippen MR) is 133 cm³/mol. The van der Waals surface area contributed by atoms with Crippen LogP contribution < -0.4 is 15.5 Å². The van der Waals surface area contributed by atoms with Crippen molar-refractivity contribution in [3.63, 3.8) is 0 Å². The molecule has 1 heterocycles.